The summed E-state index contributed by atoms with van der Waals surface area (Å²) in [7, 11) is 0. The molecule has 7 rings (SSSR count). The Balaban J connectivity index is 0.000000327. The van der Waals surface area contributed by atoms with Gasteiger partial charge in [-0.2, -0.15) is 0 Å². The maximum Gasteiger partial charge on any atom is 0.411 e. The lowest BCUT2D eigenvalue weighted by Crippen LogP contribution is -2.13. The fourth-order valence-corrected chi connectivity index (χ4v) is 7.75. The number of carboxylic acids is 5. The largest absolute Gasteiger partial charge is 0.493 e. The molecule has 0 aliphatic heterocycles. The molecule has 26 nitrogen and oxygen atoms in total. The van der Waals surface area contributed by atoms with Crippen molar-refractivity contribution in [2.24, 2.45) is 0 Å². The average Bonchev–Trinajstić information content (AvgIpc) is 1.11. The lowest BCUT2D eigenvalue weighted by Gasteiger charge is -2.08. The maximum atomic E-state index is 12.3. The Morgan fingerprint density at radius 1 is 0.412 bits per heavy atom. The van der Waals surface area contributed by atoms with Gasteiger partial charge in [-0.15, -0.1) is 0 Å². The number of carbonyl (C=O) groups excluding carboxylic acids is 7. The Hall–Kier alpha value is -12.4. The Morgan fingerprint density at radius 2 is 0.753 bits per heavy atom. The number of nitrogens with one attached hydrogen (secondary N) is 3. The third kappa shape index (κ3) is 32.1. The number of carboxylic acid groups (broad SMARTS) is 5. The zero-order valence-corrected chi connectivity index (χ0v) is 53.4. The summed E-state index contributed by atoms with van der Waals surface area (Å²) >= 11 is 1.02. The number of hydrogen-bond acceptors (Lipinski definition) is 19. The van der Waals surface area contributed by atoms with Crippen LogP contribution in [0.4, 0.5) is 21.9 Å². The van der Waals surface area contributed by atoms with E-state index in [0.717, 1.165) is 30.3 Å². The van der Waals surface area contributed by atoms with Gasteiger partial charge in [0, 0.05) is 71.4 Å². The molecule has 0 aliphatic carbocycles. The normalized spacial score (nSPS) is 9.76. The third-order valence-corrected chi connectivity index (χ3v) is 12.7. The molecule has 0 aliphatic rings. The summed E-state index contributed by atoms with van der Waals surface area (Å²) in [4.78, 5) is 133. The van der Waals surface area contributed by atoms with Crippen LogP contribution in [-0.2, 0) is 33.4 Å². The van der Waals surface area contributed by atoms with Gasteiger partial charge in [0.2, 0.25) is 11.0 Å². The monoisotopic (exact) mass is 1350 g/mol. The van der Waals surface area contributed by atoms with E-state index in [2.05, 4.69) is 33.8 Å². The number of aromatic carboxylic acids is 5. The lowest BCUT2D eigenvalue weighted by atomic mass is 10.2. The van der Waals surface area contributed by atoms with Crippen LogP contribution in [0.3, 0.4) is 0 Å². The molecule has 0 aromatic heterocycles. The quantitative estimate of drug-likeness (QED) is 0.00592. The Kier molecular flexibility index (Phi) is 35.3. The zero-order chi connectivity index (χ0) is 71.7. The van der Waals surface area contributed by atoms with Gasteiger partial charge in [0.15, 0.2) is 0 Å². The van der Waals surface area contributed by atoms with Crippen molar-refractivity contribution in [2.45, 2.75) is 51.3 Å². The van der Waals surface area contributed by atoms with E-state index in [1.165, 1.54) is 104 Å². The van der Waals surface area contributed by atoms with E-state index in [0.29, 0.717) is 89.4 Å². The first kappa shape index (κ1) is 78.9. The fraction of sp³-hybridized carbons (Fsp3) is 0.171. The number of anilines is 3. The molecule has 0 radical (unpaired) electrons. The Bertz CT molecular complexity index is 3570. The summed E-state index contributed by atoms with van der Waals surface area (Å²) in [5.41, 5.74) is 3.40. The van der Waals surface area contributed by atoms with Crippen LogP contribution in [0, 0.1) is 0 Å². The van der Waals surface area contributed by atoms with Crippen LogP contribution in [0.15, 0.2) is 200 Å². The highest BCUT2D eigenvalue weighted by molar-refractivity contribution is 8.14. The molecule has 508 valence electrons. The highest BCUT2D eigenvalue weighted by Crippen LogP contribution is 2.25. The van der Waals surface area contributed by atoms with Crippen LogP contribution in [0.1, 0.15) is 119 Å². The van der Waals surface area contributed by atoms with Crippen molar-refractivity contribution in [1.82, 2.24) is 0 Å². The van der Waals surface area contributed by atoms with Crippen LogP contribution in [0.25, 0.3) is 0 Å². The summed E-state index contributed by atoms with van der Waals surface area (Å²) < 4.78 is 30.3. The minimum atomic E-state index is -1.03. The minimum absolute atomic E-state index is 0.147. The number of ether oxygens (including phenoxy) is 6. The maximum absolute atomic E-state index is 12.3. The number of rotatable bonds is 27. The molecule has 0 heterocycles. The number of thioether (sulfide) groups is 1. The molecule has 97 heavy (non-hydrogen) atoms. The summed E-state index contributed by atoms with van der Waals surface area (Å²) in [6.07, 6.45) is 3.82. The lowest BCUT2D eigenvalue weighted by molar-refractivity contribution is -0.138. The van der Waals surface area contributed by atoms with Crippen molar-refractivity contribution >= 4 is 99.6 Å². The van der Waals surface area contributed by atoms with Gasteiger partial charge in [-0.1, -0.05) is 20.1 Å². The van der Waals surface area contributed by atoms with Gasteiger partial charge in [0.05, 0.1) is 60.9 Å². The summed E-state index contributed by atoms with van der Waals surface area (Å²) in [6.45, 7) is 13.1. The van der Waals surface area contributed by atoms with E-state index >= 15 is 0 Å². The van der Waals surface area contributed by atoms with Gasteiger partial charge in [-0.05, 0) is 195 Å². The first-order chi connectivity index (χ1) is 46.3. The van der Waals surface area contributed by atoms with Crippen molar-refractivity contribution in [1.29, 1.82) is 0 Å². The molecule has 0 saturated heterocycles. The third-order valence-electron chi connectivity index (χ3n) is 11.7. The van der Waals surface area contributed by atoms with Crippen LogP contribution in [0.2, 0.25) is 0 Å². The van der Waals surface area contributed by atoms with E-state index in [1.807, 2.05) is 6.92 Å². The average molecular weight is 1350 g/mol. The van der Waals surface area contributed by atoms with Crippen molar-refractivity contribution in [3.63, 3.8) is 0 Å². The first-order valence-corrected chi connectivity index (χ1v) is 29.8. The standard InChI is InChI=1S/C20H19NO6.C20H18O6S.C11H12O4.C10H11NO4.C9H9NO3/c1-2-18(22)27-13-3-12-26-17-10-6-14(7-11-17)19(23)21-16-8-4-15(5-9-16)20(24)25;1-2-18(21)26-13-3-12-25-16-8-4-15(5-9-16)20(24)27-17-10-6-14(7-11-17)19(22)23;1-2-3-10(12)15-9-6-4-8(5-7-9)11(13)14;1-2-15-10(14)11-8-5-3-7(4-6-8)9(12)13;1-6(11)10-8-4-2-7(3-5-8)9(12)13/h2,4-11H,1,3,12-13H2,(H,21,23)(H,24,25);2,4-11H,1,3,12-13H2,(H,22,23);4-7H,2-3H2,1H3,(H,13,14);3-6H,2H2,1H3,(H,11,14)(H,12,13);2-5H,1H3,(H,10,11)(H,12,13). The summed E-state index contributed by atoms with van der Waals surface area (Å²) in [5.74, 6) is -5.17. The fourth-order valence-electron chi connectivity index (χ4n) is 7.01. The zero-order valence-electron chi connectivity index (χ0n) is 52.6. The van der Waals surface area contributed by atoms with E-state index in [-0.39, 0.29) is 63.9 Å². The van der Waals surface area contributed by atoms with Crippen LogP contribution < -0.4 is 30.2 Å². The number of esters is 3. The van der Waals surface area contributed by atoms with Crippen LogP contribution in [0.5, 0.6) is 17.2 Å². The van der Waals surface area contributed by atoms with Gasteiger partial charge in [-0.3, -0.25) is 24.5 Å². The topological polar surface area (TPSA) is 397 Å². The van der Waals surface area contributed by atoms with Crippen molar-refractivity contribution in [3.8, 4) is 17.2 Å². The molecule has 7 aromatic rings. The first-order valence-electron chi connectivity index (χ1n) is 29.0. The van der Waals surface area contributed by atoms with E-state index in [1.54, 1.807) is 79.7 Å². The predicted molar refractivity (Wildman–Crippen MR) is 356 cm³/mol. The van der Waals surface area contributed by atoms with Crippen molar-refractivity contribution < 1.29 is 111 Å². The molecule has 0 fully saturated rings. The second-order valence-corrected chi connectivity index (χ2v) is 20.1. The molecular weight excluding hydrogens is 1280 g/mol. The number of carbonyl (C=O) groups is 12. The second kappa shape index (κ2) is 43.4. The van der Waals surface area contributed by atoms with Gasteiger partial charge in [0.25, 0.3) is 5.91 Å². The molecule has 27 heteroatoms. The molecule has 0 bridgehead atoms. The number of benzene rings is 7. The minimum Gasteiger partial charge on any atom is -0.493 e. The van der Waals surface area contributed by atoms with Crippen molar-refractivity contribution in [2.75, 3.05) is 49.0 Å². The predicted octanol–water partition coefficient (Wildman–Crippen LogP) is 12.3. The SMILES string of the molecule is C=CC(=O)OCCCOc1ccc(C(=O)Nc2ccc(C(=O)O)cc2)cc1.C=CC(=O)OCCCOc1ccc(C(=O)Sc2ccc(C(=O)O)cc2)cc1.CC(=O)Nc1ccc(C(=O)O)cc1.CCCC(=O)Oc1ccc(C(=O)O)cc1.CCOC(=O)Nc1ccc(C(=O)O)cc1. The number of hydrogen-bond donors (Lipinski definition) is 8. The van der Waals surface area contributed by atoms with E-state index < -0.39 is 47.9 Å². The molecular formula is C70H69N3O23S. The molecule has 0 spiro atoms. The van der Waals surface area contributed by atoms with Crippen LogP contribution in [-0.4, -0.2) is 129 Å². The summed E-state index contributed by atoms with van der Waals surface area (Å²) in [5, 5.41) is 51.1. The van der Waals surface area contributed by atoms with Crippen molar-refractivity contribution in [3.05, 3.63) is 234 Å². The van der Waals surface area contributed by atoms with Gasteiger partial charge < -0.3 is 64.6 Å². The molecule has 0 atom stereocenters. The van der Waals surface area contributed by atoms with Gasteiger partial charge in [-0.25, -0.2) is 38.4 Å². The number of amides is 3. The van der Waals surface area contributed by atoms with E-state index in [4.69, 9.17) is 49.2 Å². The molecule has 3 amide bonds. The van der Waals surface area contributed by atoms with Gasteiger partial charge >= 0.3 is 53.8 Å². The molecule has 7 aromatic carbocycles. The highest BCUT2D eigenvalue weighted by Gasteiger charge is 2.13. The smallest absolute Gasteiger partial charge is 0.411 e. The molecule has 0 saturated carbocycles. The molecule has 8 N–H and O–H groups in total. The Morgan fingerprint density at radius 3 is 1.11 bits per heavy atom. The summed E-state index contributed by atoms with van der Waals surface area (Å²) in [6, 6.07) is 42.8. The van der Waals surface area contributed by atoms with Gasteiger partial charge in [0.1, 0.15) is 17.2 Å². The highest BCUT2D eigenvalue weighted by atomic mass is 32.2. The van der Waals surface area contributed by atoms with E-state index in [9.17, 15) is 57.5 Å². The van der Waals surface area contributed by atoms with Crippen LogP contribution >= 0.6 is 11.8 Å². The molecule has 0 unspecified atom stereocenters. The second-order valence-electron chi connectivity index (χ2n) is 19.1. The Labute approximate surface area is 560 Å².